The Bertz CT molecular complexity index is 1110. The van der Waals surface area contributed by atoms with Crippen LogP contribution in [0.15, 0.2) is 52.7 Å². The lowest BCUT2D eigenvalue weighted by atomic mass is 10.2. The molecule has 3 aromatic heterocycles. The van der Waals surface area contributed by atoms with Crippen molar-refractivity contribution in [2.24, 2.45) is 0 Å². The van der Waals surface area contributed by atoms with Gasteiger partial charge in [0, 0.05) is 24.2 Å². The van der Waals surface area contributed by atoms with E-state index < -0.39 is 0 Å². The molecule has 0 unspecified atom stereocenters. The number of hydrogen-bond acceptors (Lipinski definition) is 6. The van der Waals surface area contributed by atoms with E-state index in [1.54, 1.807) is 24.0 Å². The number of imidazole rings is 1. The number of rotatable bonds is 4. The van der Waals surface area contributed by atoms with Gasteiger partial charge in [-0.2, -0.15) is 9.61 Å². The predicted octanol–water partition coefficient (Wildman–Crippen LogP) is 3.25. The second-order valence-corrected chi connectivity index (χ2v) is 7.66. The molecule has 0 fully saturated rings. The van der Waals surface area contributed by atoms with Gasteiger partial charge in [0.15, 0.2) is 5.16 Å². The maximum absolute atomic E-state index is 12.1. The summed E-state index contributed by atoms with van der Waals surface area (Å²) in [5.41, 5.74) is 2.87. The highest BCUT2D eigenvalue weighted by molar-refractivity contribution is 7.98. The van der Waals surface area contributed by atoms with Crippen LogP contribution >= 0.6 is 23.1 Å². The Labute approximate surface area is 152 Å². The quantitative estimate of drug-likeness (QED) is 0.517. The molecule has 0 radical (unpaired) electrons. The number of aromatic nitrogens is 5. The summed E-state index contributed by atoms with van der Waals surface area (Å²) >= 11 is 2.98. The Kier molecular flexibility index (Phi) is 4.14. The first kappa shape index (κ1) is 16.0. The molecule has 6 nitrogen and oxygen atoms in total. The molecule has 126 valence electrons. The molecule has 1 aromatic carbocycles. The van der Waals surface area contributed by atoms with Crippen LogP contribution in [0.5, 0.6) is 0 Å². The fourth-order valence-corrected chi connectivity index (χ4v) is 4.20. The summed E-state index contributed by atoms with van der Waals surface area (Å²) in [6, 6.07) is 9.72. The molecule has 0 amide bonds. The summed E-state index contributed by atoms with van der Waals surface area (Å²) < 4.78 is 3.41. The molecule has 0 aliphatic heterocycles. The Balaban J connectivity index is 1.62. The largest absolute Gasteiger partial charge is 0.295 e. The molecule has 4 rings (SSSR count). The molecule has 8 heteroatoms. The monoisotopic (exact) mass is 369 g/mol. The van der Waals surface area contributed by atoms with E-state index in [1.165, 1.54) is 21.4 Å². The fraction of sp³-hybridized carbons (Fsp3) is 0.176. The number of fused-ring (bicyclic) bond motifs is 1. The van der Waals surface area contributed by atoms with Crippen LogP contribution in [0.3, 0.4) is 0 Å². The van der Waals surface area contributed by atoms with Crippen molar-refractivity contribution in [3.05, 3.63) is 69.3 Å². The first-order valence-electron chi connectivity index (χ1n) is 7.70. The van der Waals surface area contributed by atoms with E-state index in [-0.39, 0.29) is 5.56 Å². The molecule has 0 saturated carbocycles. The zero-order valence-corrected chi connectivity index (χ0v) is 15.3. The number of hydrogen-bond donors (Lipinski definition) is 0. The Morgan fingerprint density at radius 1 is 1.24 bits per heavy atom. The summed E-state index contributed by atoms with van der Waals surface area (Å²) in [4.78, 5) is 21.8. The van der Waals surface area contributed by atoms with Crippen LogP contribution in [0.25, 0.3) is 10.6 Å². The zero-order chi connectivity index (χ0) is 17.4. The van der Waals surface area contributed by atoms with E-state index in [1.807, 2.05) is 25.3 Å². The molecular formula is C17H15N5OS2. The molecule has 0 N–H and O–H groups in total. The standard InChI is InChI=1S/C17H15N5OS2/c1-11-5-3-4-6-14(11)21-8-7-18-16(21)24-10-13-9-15(23)22-17(19-13)25-12(2)20-22/h3-9H,10H2,1-2H3. The number of benzene rings is 1. The molecule has 4 aromatic rings. The van der Waals surface area contributed by atoms with E-state index >= 15 is 0 Å². The normalized spacial score (nSPS) is 11.3. The van der Waals surface area contributed by atoms with Crippen molar-refractivity contribution in [3.8, 4) is 5.69 Å². The Morgan fingerprint density at radius 3 is 2.92 bits per heavy atom. The first-order valence-corrected chi connectivity index (χ1v) is 9.50. The maximum Gasteiger partial charge on any atom is 0.275 e. The third-order valence-corrected chi connectivity index (χ3v) is 5.55. The van der Waals surface area contributed by atoms with Crippen molar-refractivity contribution in [2.75, 3.05) is 0 Å². The molecule has 0 aliphatic carbocycles. The second-order valence-electron chi connectivity index (χ2n) is 5.56. The summed E-state index contributed by atoms with van der Waals surface area (Å²) in [6.07, 6.45) is 3.73. The lowest BCUT2D eigenvalue weighted by Gasteiger charge is -2.10. The number of para-hydroxylation sites is 1. The summed E-state index contributed by atoms with van der Waals surface area (Å²) in [5, 5.41) is 5.86. The minimum atomic E-state index is -0.146. The summed E-state index contributed by atoms with van der Waals surface area (Å²) in [6.45, 7) is 3.94. The van der Waals surface area contributed by atoms with Gasteiger partial charge in [-0.1, -0.05) is 41.3 Å². The van der Waals surface area contributed by atoms with Gasteiger partial charge in [-0.25, -0.2) is 9.97 Å². The van der Waals surface area contributed by atoms with Crippen molar-refractivity contribution in [1.29, 1.82) is 0 Å². The molecule has 0 saturated heterocycles. The highest BCUT2D eigenvalue weighted by Gasteiger charge is 2.11. The van der Waals surface area contributed by atoms with Gasteiger partial charge in [-0.15, -0.1) is 0 Å². The average Bonchev–Trinajstić information content (AvgIpc) is 3.19. The molecule has 3 heterocycles. The zero-order valence-electron chi connectivity index (χ0n) is 13.7. The van der Waals surface area contributed by atoms with E-state index in [0.29, 0.717) is 10.7 Å². The number of nitrogens with zero attached hydrogens (tertiary/aromatic N) is 5. The lowest BCUT2D eigenvalue weighted by molar-refractivity contribution is 0.868. The van der Waals surface area contributed by atoms with Crippen molar-refractivity contribution in [2.45, 2.75) is 24.8 Å². The van der Waals surface area contributed by atoms with Gasteiger partial charge >= 0.3 is 0 Å². The molecular weight excluding hydrogens is 354 g/mol. The average molecular weight is 369 g/mol. The summed E-state index contributed by atoms with van der Waals surface area (Å²) in [5.74, 6) is 0.575. The van der Waals surface area contributed by atoms with Gasteiger partial charge in [0.25, 0.3) is 5.56 Å². The summed E-state index contributed by atoms with van der Waals surface area (Å²) in [7, 11) is 0. The molecule has 0 aliphatic rings. The van der Waals surface area contributed by atoms with Crippen LogP contribution < -0.4 is 5.56 Å². The lowest BCUT2D eigenvalue weighted by Crippen LogP contribution is -2.15. The van der Waals surface area contributed by atoms with E-state index in [2.05, 4.69) is 38.7 Å². The van der Waals surface area contributed by atoms with Crippen molar-refractivity contribution < 1.29 is 0 Å². The SMILES string of the molecule is Cc1nn2c(=O)cc(CSc3nccn3-c3ccccc3C)nc2s1. The highest BCUT2D eigenvalue weighted by atomic mass is 32.2. The van der Waals surface area contributed by atoms with Crippen LogP contribution in [0, 0.1) is 13.8 Å². The minimum Gasteiger partial charge on any atom is -0.295 e. The molecule has 25 heavy (non-hydrogen) atoms. The Morgan fingerprint density at radius 2 is 2.08 bits per heavy atom. The van der Waals surface area contributed by atoms with E-state index in [0.717, 1.165) is 21.5 Å². The second kappa shape index (κ2) is 6.45. The van der Waals surface area contributed by atoms with Gasteiger partial charge in [0.05, 0.1) is 11.4 Å². The van der Waals surface area contributed by atoms with Crippen LogP contribution in [-0.4, -0.2) is 24.1 Å². The Hall–Kier alpha value is -2.45. The minimum absolute atomic E-state index is 0.146. The van der Waals surface area contributed by atoms with Gasteiger partial charge < -0.3 is 0 Å². The third kappa shape index (κ3) is 3.10. The molecule has 0 bridgehead atoms. The maximum atomic E-state index is 12.1. The van der Waals surface area contributed by atoms with Crippen LogP contribution in [-0.2, 0) is 5.75 Å². The van der Waals surface area contributed by atoms with Crippen molar-refractivity contribution in [3.63, 3.8) is 0 Å². The van der Waals surface area contributed by atoms with Gasteiger partial charge in [-0.05, 0) is 25.5 Å². The fourth-order valence-electron chi connectivity index (χ4n) is 2.58. The highest BCUT2D eigenvalue weighted by Crippen LogP contribution is 2.25. The topological polar surface area (TPSA) is 65.1 Å². The first-order chi connectivity index (χ1) is 12.1. The van der Waals surface area contributed by atoms with Crippen LogP contribution in [0.4, 0.5) is 0 Å². The predicted molar refractivity (Wildman–Crippen MR) is 99.7 cm³/mol. The molecule has 0 spiro atoms. The molecule has 0 atom stereocenters. The number of thioether (sulfide) groups is 1. The van der Waals surface area contributed by atoms with Crippen LogP contribution in [0.2, 0.25) is 0 Å². The van der Waals surface area contributed by atoms with E-state index in [9.17, 15) is 4.79 Å². The van der Waals surface area contributed by atoms with Crippen LogP contribution in [0.1, 0.15) is 16.3 Å². The van der Waals surface area contributed by atoms with Gasteiger partial charge in [0.2, 0.25) is 4.96 Å². The van der Waals surface area contributed by atoms with Gasteiger partial charge in [-0.3, -0.25) is 9.36 Å². The van der Waals surface area contributed by atoms with E-state index in [4.69, 9.17) is 0 Å². The van der Waals surface area contributed by atoms with Gasteiger partial charge in [0.1, 0.15) is 5.01 Å². The smallest absolute Gasteiger partial charge is 0.275 e. The third-order valence-electron chi connectivity index (χ3n) is 3.73. The van der Waals surface area contributed by atoms with Crippen molar-refractivity contribution >= 4 is 28.1 Å². The van der Waals surface area contributed by atoms with Crippen molar-refractivity contribution in [1.82, 2.24) is 24.1 Å². The number of aryl methyl sites for hydroxylation is 2.